The summed E-state index contributed by atoms with van der Waals surface area (Å²) in [6.07, 6.45) is 0. The number of benzene rings is 1. The van der Waals surface area contributed by atoms with E-state index in [-0.39, 0.29) is 0 Å². The fraction of sp³-hybridized carbons (Fsp3) is 0.143. The summed E-state index contributed by atoms with van der Waals surface area (Å²) in [5, 5.41) is 4.83. The van der Waals surface area contributed by atoms with Crippen molar-refractivity contribution < 1.29 is 8.42 Å². The molecule has 72 valence electrons. The highest BCUT2D eigenvalue weighted by molar-refractivity contribution is 9.10. The largest absolute Gasteiger partial charge is 0.296 e. The maximum atomic E-state index is 10.7. The highest BCUT2D eigenvalue weighted by Crippen LogP contribution is 2.23. The lowest BCUT2D eigenvalue weighted by atomic mass is 10.2. The van der Waals surface area contributed by atoms with E-state index in [0.717, 1.165) is 5.56 Å². The van der Waals surface area contributed by atoms with Crippen molar-refractivity contribution in [3.05, 3.63) is 28.2 Å². The minimum absolute atomic E-state index is 0.447. The van der Waals surface area contributed by atoms with E-state index in [1.165, 1.54) is 0 Å². The van der Waals surface area contributed by atoms with Crippen LogP contribution >= 0.6 is 15.9 Å². The van der Waals surface area contributed by atoms with Crippen molar-refractivity contribution in [3.8, 4) is 0 Å². The molecule has 1 aromatic rings. The molecule has 4 nitrogen and oxygen atoms in total. The molecule has 0 saturated carbocycles. The fourth-order valence-electron chi connectivity index (χ4n) is 0.871. The fourth-order valence-corrected chi connectivity index (χ4v) is 1.82. The van der Waals surface area contributed by atoms with Crippen LogP contribution in [0.2, 0.25) is 0 Å². The average Bonchev–Trinajstić information content (AvgIpc) is 1.94. The average molecular weight is 265 g/mol. The summed E-state index contributed by atoms with van der Waals surface area (Å²) in [4.78, 5) is 0. The maximum Gasteiger partial charge on any atom is 0.296 e. The Kier molecular flexibility index (Phi) is 2.94. The molecule has 0 aliphatic rings. The third-order valence-electron chi connectivity index (χ3n) is 1.37. The van der Waals surface area contributed by atoms with Crippen LogP contribution in [0.1, 0.15) is 5.56 Å². The highest BCUT2D eigenvalue weighted by Gasteiger charge is 2.05. The van der Waals surface area contributed by atoms with Crippen molar-refractivity contribution >= 4 is 31.8 Å². The predicted octanol–water partition coefficient (Wildman–Crippen LogP) is 1.37. The number of hydrogen-bond acceptors (Lipinski definition) is 2. The molecule has 0 fully saturated rings. The zero-order valence-electron chi connectivity index (χ0n) is 6.91. The zero-order chi connectivity index (χ0) is 10.1. The van der Waals surface area contributed by atoms with Crippen molar-refractivity contribution in [2.24, 2.45) is 5.14 Å². The molecule has 0 bridgehead atoms. The molecular weight excluding hydrogens is 256 g/mol. The molecule has 1 rings (SSSR count). The van der Waals surface area contributed by atoms with Crippen LogP contribution in [0.15, 0.2) is 22.7 Å². The number of rotatable bonds is 2. The summed E-state index contributed by atoms with van der Waals surface area (Å²) in [7, 11) is -3.70. The van der Waals surface area contributed by atoms with Crippen LogP contribution in [0.3, 0.4) is 0 Å². The first-order valence-electron chi connectivity index (χ1n) is 3.45. The van der Waals surface area contributed by atoms with E-state index < -0.39 is 10.2 Å². The predicted molar refractivity (Wildman–Crippen MR) is 55.6 cm³/mol. The first kappa shape index (κ1) is 10.5. The van der Waals surface area contributed by atoms with Crippen LogP contribution in [-0.2, 0) is 10.2 Å². The highest BCUT2D eigenvalue weighted by atomic mass is 79.9. The summed E-state index contributed by atoms with van der Waals surface area (Å²) in [5.41, 5.74) is 1.40. The number of halogens is 1. The summed E-state index contributed by atoms with van der Waals surface area (Å²) in [6, 6.07) is 5.30. The van der Waals surface area contributed by atoms with Gasteiger partial charge in [0.2, 0.25) is 0 Å². The molecule has 0 heterocycles. The molecule has 0 unspecified atom stereocenters. The third-order valence-corrected chi connectivity index (χ3v) is 2.57. The molecule has 0 radical (unpaired) electrons. The molecule has 6 heteroatoms. The number of hydrogen-bond donors (Lipinski definition) is 2. The van der Waals surface area contributed by atoms with Gasteiger partial charge in [0.1, 0.15) is 0 Å². The van der Waals surface area contributed by atoms with Gasteiger partial charge >= 0.3 is 0 Å². The Morgan fingerprint density at radius 1 is 1.46 bits per heavy atom. The van der Waals surface area contributed by atoms with E-state index in [1.54, 1.807) is 12.1 Å². The summed E-state index contributed by atoms with van der Waals surface area (Å²) in [6.45, 7) is 1.86. The van der Waals surface area contributed by atoms with Crippen LogP contribution in [0.4, 0.5) is 5.69 Å². The molecule has 0 aliphatic carbocycles. The van der Waals surface area contributed by atoms with Gasteiger partial charge in [0.05, 0.1) is 5.69 Å². The topological polar surface area (TPSA) is 72.2 Å². The SMILES string of the molecule is Cc1ccc(Br)c(NS(N)(=O)=O)c1. The Hall–Kier alpha value is -0.590. The van der Waals surface area contributed by atoms with Gasteiger partial charge in [-0.3, -0.25) is 4.72 Å². The van der Waals surface area contributed by atoms with Crippen molar-refractivity contribution in [1.29, 1.82) is 0 Å². The minimum Gasteiger partial charge on any atom is -0.270 e. The Balaban J connectivity index is 3.08. The summed E-state index contributed by atoms with van der Waals surface area (Å²) < 4.78 is 24.3. The quantitative estimate of drug-likeness (QED) is 0.847. The normalized spacial score (nSPS) is 11.3. The van der Waals surface area contributed by atoms with Crippen LogP contribution in [-0.4, -0.2) is 8.42 Å². The zero-order valence-corrected chi connectivity index (χ0v) is 9.31. The van der Waals surface area contributed by atoms with E-state index in [2.05, 4.69) is 20.7 Å². The third kappa shape index (κ3) is 3.33. The van der Waals surface area contributed by atoms with Gasteiger partial charge in [-0.1, -0.05) is 6.07 Å². The standard InChI is InChI=1S/C7H9BrN2O2S/c1-5-2-3-6(8)7(4-5)10-13(9,11)12/h2-4,10H,1H3,(H2,9,11,12). The maximum absolute atomic E-state index is 10.7. The van der Waals surface area contributed by atoms with Gasteiger partial charge in [-0.15, -0.1) is 0 Å². The van der Waals surface area contributed by atoms with Crippen molar-refractivity contribution in [1.82, 2.24) is 0 Å². The van der Waals surface area contributed by atoms with Crippen molar-refractivity contribution in [2.75, 3.05) is 4.72 Å². The Morgan fingerprint density at radius 3 is 2.62 bits per heavy atom. The second kappa shape index (κ2) is 3.65. The van der Waals surface area contributed by atoms with Gasteiger partial charge < -0.3 is 0 Å². The van der Waals surface area contributed by atoms with Crippen LogP contribution in [0, 0.1) is 6.92 Å². The van der Waals surface area contributed by atoms with Gasteiger partial charge in [-0.05, 0) is 40.5 Å². The van der Waals surface area contributed by atoms with Crippen LogP contribution in [0.25, 0.3) is 0 Å². The van der Waals surface area contributed by atoms with Gasteiger partial charge in [-0.2, -0.15) is 8.42 Å². The number of aryl methyl sites for hydroxylation is 1. The van der Waals surface area contributed by atoms with Crippen LogP contribution < -0.4 is 9.86 Å². The molecule has 0 aromatic heterocycles. The first-order valence-corrected chi connectivity index (χ1v) is 5.79. The summed E-state index contributed by atoms with van der Waals surface area (Å²) in [5.74, 6) is 0. The van der Waals surface area contributed by atoms with Gasteiger partial charge in [-0.25, -0.2) is 5.14 Å². The second-order valence-electron chi connectivity index (χ2n) is 2.63. The molecule has 3 N–H and O–H groups in total. The number of nitrogens with one attached hydrogen (secondary N) is 1. The lowest BCUT2D eigenvalue weighted by molar-refractivity contribution is 0.603. The minimum atomic E-state index is -3.70. The Labute approximate surface area is 85.4 Å². The first-order chi connectivity index (χ1) is 5.88. The lowest BCUT2D eigenvalue weighted by Crippen LogP contribution is -2.21. The lowest BCUT2D eigenvalue weighted by Gasteiger charge is -2.06. The molecule has 0 atom stereocenters. The molecule has 0 spiro atoms. The molecule has 0 amide bonds. The monoisotopic (exact) mass is 264 g/mol. The van der Waals surface area contributed by atoms with Gasteiger partial charge in [0.25, 0.3) is 10.2 Å². The second-order valence-corrected chi connectivity index (χ2v) is 4.78. The van der Waals surface area contributed by atoms with E-state index in [1.807, 2.05) is 13.0 Å². The molecule has 1 aromatic carbocycles. The van der Waals surface area contributed by atoms with E-state index in [4.69, 9.17) is 5.14 Å². The van der Waals surface area contributed by atoms with E-state index in [9.17, 15) is 8.42 Å². The number of nitrogens with two attached hydrogens (primary N) is 1. The smallest absolute Gasteiger partial charge is 0.270 e. The Morgan fingerprint density at radius 2 is 2.08 bits per heavy atom. The molecular formula is C7H9BrN2O2S. The van der Waals surface area contributed by atoms with Crippen molar-refractivity contribution in [3.63, 3.8) is 0 Å². The molecule has 13 heavy (non-hydrogen) atoms. The van der Waals surface area contributed by atoms with Gasteiger partial charge in [0, 0.05) is 4.47 Å². The molecule has 0 saturated heterocycles. The molecule has 0 aliphatic heterocycles. The van der Waals surface area contributed by atoms with Gasteiger partial charge in [0.15, 0.2) is 0 Å². The van der Waals surface area contributed by atoms with E-state index in [0.29, 0.717) is 10.2 Å². The van der Waals surface area contributed by atoms with Crippen LogP contribution in [0.5, 0.6) is 0 Å². The number of anilines is 1. The van der Waals surface area contributed by atoms with Crippen molar-refractivity contribution in [2.45, 2.75) is 6.92 Å². The summed E-state index contributed by atoms with van der Waals surface area (Å²) >= 11 is 3.20. The van der Waals surface area contributed by atoms with E-state index >= 15 is 0 Å². The Bertz CT molecular complexity index is 417.